The molecule has 114 valence electrons. The van der Waals surface area contributed by atoms with E-state index in [0.717, 1.165) is 51.7 Å². The van der Waals surface area contributed by atoms with E-state index in [-0.39, 0.29) is 12.3 Å². The summed E-state index contributed by atoms with van der Waals surface area (Å²) in [6, 6.07) is 0. The van der Waals surface area contributed by atoms with Gasteiger partial charge in [-0.25, -0.2) is 0 Å². The zero-order chi connectivity index (χ0) is 14.5. The van der Waals surface area contributed by atoms with Crippen LogP contribution in [0, 0.1) is 0 Å². The van der Waals surface area contributed by atoms with Crippen LogP contribution in [0.3, 0.4) is 0 Å². The lowest BCUT2D eigenvalue weighted by Gasteiger charge is -2.21. The molecule has 0 spiro atoms. The molecule has 20 heavy (non-hydrogen) atoms. The van der Waals surface area contributed by atoms with Crippen molar-refractivity contribution in [1.82, 2.24) is 0 Å². The third kappa shape index (κ3) is 8.88. The molecule has 4 heteroatoms. The highest BCUT2D eigenvalue weighted by Gasteiger charge is 2.11. The summed E-state index contributed by atoms with van der Waals surface area (Å²) in [5.74, 6) is -0.121. The summed E-state index contributed by atoms with van der Waals surface area (Å²) in [4.78, 5) is 10.9. The summed E-state index contributed by atoms with van der Waals surface area (Å²) in [7, 11) is 1.43. The van der Waals surface area contributed by atoms with Crippen LogP contribution in [0.4, 0.5) is 0 Å². The van der Waals surface area contributed by atoms with Gasteiger partial charge in [0.2, 0.25) is 0 Å². The van der Waals surface area contributed by atoms with Crippen molar-refractivity contribution in [3.63, 3.8) is 0 Å². The average Bonchev–Trinajstić information content (AvgIpc) is 2.50. The number of hydrogen-bond donors (Lipinski definition) is 0. The Morgan fingerprint density at radius 1 is 1.15 bits per heavy atom. The number of allylic oxidation sites excluding steroid dienone is 3. The van der Waals surface area contributed by atoms with Gasteiger partial charge in [-0.3, -0.25) is 4.79 Å². The minimum absolute atomic E-state index is 0.0534. The van der Waals surface area contributed by atoms with Crippen LogP contribution in [0.5, 0.6) is 0 Å². The van der Waals surface area contributed by atoms with E-state index in [0.29, 0.717) is 6.42 Å². The van der Waals surface area contributed by atoms with Crippen LogP contribution in [0.15, 0.2) is 24.3 Å². The van der Waals surface area contributed by atoms with Crippen molar-refractivity contribution in [3.05, 3.63) is 24.3 Å². The molecule has 1 aliphatic rings. The maximum atomic E-state index is 10.9. The quantitative estimate of drug-likeness (QED) is 0.369. The molecule has 1 heterocycles. The number of ether oxygens (including phenoxy) is 3. The molecule has 1 saturated heterocycles. The van der Waals surface area contributed by atoms with Crippen LogP contribution in [0.1, 0.15) is 44.9 Å². The molecular weight excluding hydrogens is 256 g/mol. The largest absolute Gasteiger partial charge is 0.469 e. The number of carbonyl (C=O) groups excluding carboxylic acids is 1. The maximum absolute atomic E-state index is 10.9. The monoisotopic (exact) mass is 282 g/mol. The van der Waals surface area contributed by atoms with Gasteiger partial charge in [-0.05, 0) is 32.1 Å². The summed E-state index contributed by atoms with van der Waals surface area (Å²) in [6.07, 6.45) is 14.7. The second-order valence-corrected chi connectivity index (χ2v) is 4.76. The zero-order valence-corrected chi connectivity index (χ0v) is 12.4. The number of rotatable bonds is 9. The molecule has 4 nitrogen and oxygen atoms in total. The molecule has 1 rings (SSSR count). The van der Waals surface area contributed by atoms with Gasteiger partial charge in [0.05, 0.1) is 20.3 Å². The SMILES string of the molecule is COC(=O)CCCC/C=C\C/C=C/CC1OCCCO1. The van der Waals surface area contributed by atoms with Gasteiger partial charge < -0.3 is 14.2 Å². The molecule has 0 atom stereocenters. The molecule has 1 fully saturated rings. The Balaban J connectivity index is 1.91. The van der Waals surface area contributed by atoms with Crippen molar-refractivity contribution >= 4 is 5.97 Å². The van der Waals surface area contributed by atoms with Gasteiger partial charge in [0.15, 0.2) is 6.29 Å². The summed E-state index contributed by atoms with van der Waals surface area (Å²) in [6.45, 7) is 1.62. The van der Waals surface area contributed by atoms with Gasteiger partial charge in [-0.15, -0.1) is 0 Å². The van der Waals surface area contributed by atoms with E-state index in [2.05, 4.69) is 29.0 Å². The summed E-state index contributed by atoms with van der Waals surface area (Å²) < 4.78 is 15.5. The van der Waals surface area contributed by atoms with Gasteiger partial charge in [-0.1, -0.05) is 24.3 Å². The molecule has 0 aromatic rings. The standard InChI is InChI=1S/C16H26O4/c1-18-15(17)11-8-6-4-2-3-5-7-9-12-16-19-13-10-14-20-16/h2-3,7,9,16H,4-6,8,10-14H2,1H3/b3-2-,9-7+. The van der Waals surface area contributed by atoms with E-state index in [1.54, 1.807) is 0 Å². The van der Waals surface area contributed by atoms with Gasteiger partial charge in [-0.2, -0.15) is 0 Å². The van der Waals surface area contributed by atoms with Gasteiger partial charge >= 0.3 is 5.97 Å². The Bertz CT molecular complexity index is 304. The fourth-order valence-electron chi connectivity index (χ4n) is 1.90. The van der Waals surface area contributed by atoms with Crippen molar-refractivity contribution in [2.75, 3.05) is 20.3 Å². The van der Waals surface area contributed by atoms with Crippen LogP contribution < -0.4 is 0 Å². The normalized spacial score (nSPS) is 17.1. The van der Waals surface area contributed by atoms with Gasteiger partial charge in [0, 0.05) is 12.8 Å². The van der Waals surface area contributed by atoms with Crippen molar-refractivity contribution in [2.24, 2.45) is 0 Å². The molecule has 0 aliphatic carbocycles. The fourth-order valence-corrected chi connectivity index (χ4v) is 1.90. The molecule has 0 N–H and O–H groups in total. The summed E-state index contributed by atoms with van der Waals surface area (Å²) in [5, 5.41) is 0. The van der Waals surface area contributed by atoms with Crippen LogP contribution in [0.25, 0.3) is 0 Å². The number of unbranched alkanes of at least 4 members (excludes halogenated alkanes) is 2. The summed E-state index contributed by atoms with van der Waals surface area (Å²) >= 11 is 0. The van der Waals surface area contributed by atoms with E-state index in [4.69, 9.17) is 9.47 Å². The molecule has 0 saturated carbocycles. The van der Waals surface area contributed by atoms with Crippen molar-refractivity contribution in [3.8, 4) is 0 Å². The Kier molecular flexibility index (Phi) is 9.88. The fraction of sp³-hybridized carbons (Fsp3) is 0.688. The lowest BCUT2D eigenvalue weighted by atomic mass is 10.2. The number of hydrogen-bond acceptors (Lipinski definition) is 4. The first-order chi connectivity index (χ1) is 9.83. The molecule has 1 aliphatic heterocycles. The predicted octanol–water partition coefficient (Wildman–Crippen LogP) is 3.38. The van der Waals surface area contributed by atoms with Gasteiger partial charge in [0.1, 0.15) is 0 Å². The number of carbonyl (C=O) groups is 1. The molecule has 0 unspecified atom stereocenters. The highest BCUT2D eigenvalue weighted by atomic mass is 16.7. The second kappa shape index (κ2) is 11.7. The molecular formula is C16H26O4. The number of methoxy groups -OCH3 is 1. The van der Waals surface area contributed by atoms with E-state index >= 15 is 0 Å². The minimum atomic E-state index is -0.121. The maximum Gasteiger partial charge on any atom is 0.305 e. The van der Waals surface area contributed by atoms with Crippen LogP contribution in [-0.4, -0.2) is 32.6 Å². The molecule has 0 amide bonds. The first-order valence-corrected chi connectivity index (χ1v) is 7.43. The Morgan fingerprint density at radius 3 is 2.65 bits per heavy atom. The highest BCUT2D eigenvalue weighted by molar-refractivity contribution is 5.68. The number of esters is 1. The van der Waals surface area contributed by atoms with E-state index < -0.39 is 0 Å². The minimum Gasteiger partial charge on any atom is -0.469 e. The first kappa shape index (κ1) is 16.9. The molecule has 0 radical (unpaired) electrons. The Hall–Kier alpha value is -1.13. The second-order valence-electron chi connectivity index (χ2n) is 4.76. The lowest BCUT2D eigenvalue weighted by molar-refractivity contribution is -0.175. The van der Waals surface area contributed by atoms with Crippen molar-refractivity contribution in [1.29, 1.82) is 0 Å². The van der Waals surface area contributed by atoms with Crippen molar-refractivity contribution < 1.29 is 19.0 Å². The van der Waals surface area contributed by atoms with Gasteiger partial charge in [0.25, 0.3) is 0 Å². The molecule has 0 aromatic carbocycles. The molecule has 0 aromatic heterocycles. The smallest absolute Gasteiger partial charge is 0.305 e. The van der Waals surface area contributed by atoms with Crippen LogP contribution >= 0.6 is 0 Å². The Morgan fingerprint density at radius 2 is 1.90 bits per heavy atom. The predicted molar refractivity (Wildman–Crippen MR) is 78.3 cm³/mol. The highest BCUT2D eigenvalue weighted by Crippen LogP contribution is 2.09. The van der Waals surface area contributed by atoms with E-state index in [9.17, 15) is 4.79 Å². The first-order valence-electron chi connectivity index (χ1n) is 7.43. The van der Waals surface area contributed by atoms with E-state index in [1.165, 1.54) is 7.11 Å². The lowest BCUT2D eigenvalue weighted by Crippen LogP contribution is -2.23. The Labute approximate surface area is 121 Å². The third-order valence-electron chi connectivity index (χ3n) is 3.06. The summed E-state index contributed by atoms with van der Waals surface area (Å²) in [5.41, 5.74) is 0. The topological polar surface area (TPSA) is 44.8 Å². The zero-order valence-electron chi connectivity index (χ0n) is 12.4. The van der Waals surface area contributed by atoms with E-state index in [1.807, 2.05) is 0 Å². The van der Waals surface area contributed by atoms with Crippen LogP contribution in [0.2, 0.25) is 0 Å². The third-order valence-corrected chi connectivity index (χ3v) is 3.06. The molecule has 0 bridgehead atoms. The van der Waals surface area contributed by atoms with Crippen molar-refractivity contribution in [2.45, 2.75) is 51.2 Å². The average molecular weight is 282 g/mol. The van der Waals surface area contributed by atoms with Crippen LogP contribution in [-0.2, 0) is 19.0 Å².